The zero-order valence-electron chi connectivity index (χ0n) is 14.7. The molecule has 0 fully saturated rings. The monoisotopic (exact) mass is 375 g/mol. The molecule has 0 aliphatic carbocycles. The van der Waals surface area contributed by atoms with E-state index in [9.17, 15) is 4.79 Å². The third-order valence-electron chi connectivity index (χ3n) is 4.14. The number of hydrogen-bond acceptors (Lipinski definition) is 6. The molecule has 3 aromatic rings. The van der Waals surface area contributed by atoms with Gasteiger partial charge in [-0.25, -0.2) is 9.50 Å². The van der Waals surface area contributed by atoms with Gasteiger partial charge in [0.2, 0.25) is 11.1 Å². The number of thiophene rings is 1. The van der Waals surface area contributed by atoms with E-state index in [1.807, 2.05) is 39.1 Å². The number of amides is 1. The van der Waals surface area contributed by atoms with Gasteiger partial charge < -0.3 is 5.32 Å². The lowest BCUT2D eigenvalue weighted by Crippen LogP contribution is -2.32. The van der Waals surface area contributed by atoms with Crippen molar-refractivity contribution in [3.63, 3.8) is 0 Å². The normalized spacial score (nSPS) is 12.5. The standard InChI is InChI=1S/C17H21N5OS2/c1-10-11(2)19-16-20-17(21-22(16)12(10)3)25-13(4)15(23)18-8-7-14-6-5-9-24-14/h5-6,9,13H,7-8H2,1-4H3,(H,18,23). The summed E-state index contributed by atoms with van der Waals surface area (Å²) in [6, 6.07) is 4.10. The van der Waals surface area contributed by atoms with E-state index in [0.29, 0.717) is 17.5 Å². The minimum atomic E-state index is -0.261. The molecule has 0 aliphatic heterocycles. The summed E-state index contributed by atoms with van der Waals surface area (Å²) in [6.45, 7) is 8.50. The molecule has 132 valence electrons. The van der Waals surface area contributed by atoms with Crippen molar-refractivity contribution in [1.29, 1.82) is 0 Å². The first-order chi connectivity index (χ1) is 12.0. The second-order valence-corrected chi connectivity index (χ2v) is 8.23. The van der Waals surface area contributed by atoms with Gasteiger partial charge in [-0.1, -0.05) is 17.8 Å². The number of nitrogens with zero attached hydrogens (tertiary/aromatic N) is 4. The van der Waals surface area contributed by atoms with Crippen LogP contribution < -0.4 is 5.32 Å². The van der Waals surface area contributed by atoms with Crippen molar-refractivity contribution >= 4 is 34.8 Å². The van der Waals surface area contributed by atoms with Crippen molar-refractivity contribution in [1.82, 2.24) is 24.9 Å². The minimum absolute atomic E-state index is 0.00236. The van der Waals surface area contributed by atoms with Crippen molar-refractivity contribution < 1.29 is 4.79 Å². The third kappa shape index (κ3) is 4.01. The van der Waals surface area contributed by atoms with Crippen LogP contribution in [0.1, 0.15) is 28.8 Å². The molecule has 1 atom stereocenters. The molecule has 3 heterocycles. The smallest absolute Gasteiger partial charge is 0.253 e. The third-order valence-corrected chi connectivity index (χ3v) is 6.03. The molecule has 0 radical (unpaired) electrons. The molecular weight excluding hydrogens is 354 g/mol. The Morgan fingerprint density at radius 2 is 2.16 bits per heavy atom. The van der Waals surface area contributed by atoms with Crippen LogP contribution in [-0.2, 0) is 11.2 Å². The molecule has 3 rings (SSSR count). The quantitative estimate of drug-likeness (QED) is 0.671. The molecular formula is C17H21N5OS2. The second-order valence-electron chi connectivity index (χ2n) is 5.89. The molecule has 3 aromatic heterocycles. The predicted molar refractivity (Wildman–Crippen MR) is 101 cm³/mol. The van der Waals surface area contributed by atoms with E-state index in [2.05, 4.69) is 26.4 Å². The number of aromatic nitrogens is 4. The molecule has 0 saturated carbocycles. The van der Waals surface area contributed by atoms with Crippen LogP contribution in [0.4, 0.5) is 0 Å². The lowest BCUT2D eigenvalue weighted by atomic mass is 10.2. The first-order valence-electron chi connectivity index (χ1n) is 8.13. The van der Waals surface area contributed by atoms with Gasteiger partial charge in [-0.15, -0.1) is 16.4 Å². The van der Waals surface area contributed by atoms with E-state index in [1.165, 1.54) is 16.6 Å². The van der Waals surface area contributed by atoms with Crippen LogP contribution in [-0.4, -0.2) is 37.3 Å². The van der Waals surface area contributed by atoms with Gasteiger partial charge in [0.1, 0.15) is 0 Å². The predicted octanol–water partition coefficient (Wildman–Crippen LogP) is 2.95. The van der Waals surface area contributed by atoms with Crippen LogP contribution in [0.2, 0.25) is 0 Å². The number of hydrogen-bond donors (Lipinski definition) is 1. The van der Waals surface area contributed by atoms with E-state index in [-0.39, 0.29) is 11.2 Å². The van der Waals surface area contributed by atoms with E-state index in [1.54, 1.807) is 15.9 Å². The molecule has 0 aliphatic rings. The molecule has 0 aromatic carbocycles. The number of aryl methyl sites for hydroxylation is 2. The molecule has 0 saturated heterocycles. The Kier molecular flexibility index (Phi) is 5.39. The summed E-state index contributed by atoms with van der Waals surface area (Å²) in [5, 5.41) is 9.81. The highest BCUT2D eigenvalue weighted by Crippen LogP contribution is 2.21. The minimum Gasteiger partial charge on any atom is -0.355 e. The first kappa shape index (κ1) is 17.9. The largest absolute Gasteiger partial charge is 0.355 e. The molecule has 6 nitrogen and oxygen atoms in total. The Morgan fingerprint density at radius 3 is 2.88 bits per heavy atom. The van der Waals surface area contributed by atoms with Gasteiger partial charge in [0.05, 0.1) is 5.25 Å². The van der Waals surface area contributed by atoms with Crippen molar-refractivity contribution in [2.45, 2.75) is 44.5 Å². The summed E-state index contributed by atoms with van der Waals surface area (Å²) in [4.78, 5) is 22.4. The number of thioether (sulfide) groups is 1. The van der Waals surface area contributed by atoms with E-state index >= 15 is 0 Å². The highest BCUT2D eigenvalue weighted by molar-refractivity contribution is 8.00. The number of carbonyl (C=O) groups excluding carboxylic acids is 1. The van der Waals surface area contributed by atoms with Crippen molar-refractivity contribution in [2.75, 3.05) is 6.54 Å². The van der Waals surface area contributed by atoms with Gasteiger partial charge in [0.15, 0.2) is 0 Å². The van der Waals surface area contributed by atoms with Crippen LogP contribution in [0, 0.1) is 20.8 Å². The number of carbonyl (C=O) groups is 1. The molecule has 1 amide bonds. The van der Waals surface area contributed by atoms with Crippen molar-refractivity contribution in [3.05, 3.63) is 39.3 Å². The molecule has 1 N–H and O–H groups in total. The molecule has 1 unspecified atom stereocenters. The molecule has 0 spiro atoms. The summed E-state index contributed by atoms with van der Waals surface area (Å²) in [5.74, 6) is 0.575. The maximum Gasteiger partial charge on any atom is 0.253 e. The molecule has 0 bridgehead atoms. The van der Waals surface area contributed by atoms with Gasteiger partial charge in [-0.2, -0.15) is 4.98 Å². The summed E-state index contributed by atoms with van der Waals surface area (Å²) in [5.41, 5.74) is 3.08. The van der Waals surface area contributed by atoms with Gasteiger partial charge in [-0.3, -0.25) is 4.79 Å². The summed E-state index contributed by atoms with van der Waals surface area (Å²) < 4.78 is 1.74. The Hall–Kier alpha value is -1.93. The summed E-state index contributed by atoms with van der Waals surface area (Å²) in [6.07, 6.45) is 0.856. The Labute approximate surface area is 155 Å². The average molecular weight is 376 g/mol. The van der Waals surface area contributed by atoms with E-state index in [4.69, 9.17) is 0 Å². The lowest BCUT2D eigenvalue weighted by molar-refractivity contribution is -0.120. The maximum atomic E-state index is 12.3. The SMILES string of the molecule is Cc1nc2nc(SC(C)C(=O)NCCc3cccs3)nn2c(C)c1C. The van der Waals surface area contributed by atoms with Crippen LogP contribution in [0.15, 0.2) is 22.7 Å². The van der Waals surface area contributed by atoms with Gasteiger partial charge in [-0.05, 0) is 51.1 Å². The average Bonchev–Trinajstić information content (AvgIpc) is 3.22. The highest BCUT2D eigenvalue weighted by atomic mass is 32.2. The van der Waals surface area contributed by atoms with E-state index < -0.39 is 0 Å². The second kappa shape index (κ2) is 7.53. The summed E-state index contributed by atoms with van der Waals surface area (Å²) >= 11 is 3.06. The fraction of sp³-hybridized carbons (Fsp3) is 0.412. The van der Waals surface area contributed by atoms with Gasteiger partial charge in [0, 0.05) is 22.8 Å². The highest BCUT2D eigenvalue weighted by Gasteiger charge is 2.18. The topological polar surface area (TPSA) is 72.2 Å². The van der Waals surface area contributed by atoms with Crippen LogP contribution >= 0.6 is 23.1 Å². The van der Waals surface area contributed by atoms with E-state index in [0.717, 1.165) is 23.4 Å². The fourth-order valence-corrected chi connectivity index (χ4v) is 3.89. The molecule has 25 heavy (non-hydrogen) atoms. The van der Waals surface area contributed by atoms with Crippen LogP contribution in [0.25, 0.3) is 5.78 Å². The van der Waals surface area contributed by atoms with Crippen LogP contribution in [0.5, 0.6) is 0 Å². The summed E-state index contributed by atoms with van der Waals surface area (Å²) in [7, 11) is 0. The maximum absolute atomic E-state index is 12.3. The fourth-order valence-electron chi connectivity index (χ4n) is 2.41. The Balaban J connectivity index is 1.62. The number of fused-ring (bicyclic) bond motifs is 1. The zero-order chi connectivity index (χ0) is 18.0. The van der Waals surface area contributed by atoms with Gasteiger partial charge >= 0.3 is 0 Å². The van der Waals surface area contributed by atoms with Crippen LogP contribution in [0.3, 0.4) is 0 Å². The number of rotatable bonds is 6. The van der Waals surface area contributed by atoms with Gasteiger partial charge in [0.25, 0.3) is 5.78 Å². The first-order valence-corrected chi connectivity index (χ1v) is 9.89. The Morgan fingerprint density at radius 1 is 1.36 bits per heavy atom. The Bertz CT molecular complexity index is 888. The van der Waals surface area contributed by atoms with Crippen molar-refractivity contribution in [2.24, 2.45) is 0 Å². The van der Waals surface area contributed by atoms with Crippen molar-refractivity contribution in [3.8, 4) is 0 Å². The number of nitrogens with one attached hydrogen (secondary N) is 1. The molecule has 8 heteroatoms. The lowest BCUT2D eigenvalue weighted by Gasteiger charge is -2.09. The zero-order valence-corrected chi connectivity index (χ0v) is 16.4.